The molecule has 0 saturated carbocycles. The quantitative estimate of drug-likeness (QED) is 0.874. The van der Waals surface area contributed by atoms with Gasteiger partial charge in [-0.05, 0) is 12.0 Å². The van der Waals surface area contributed by atoms with E-state index in [0.29, 0.717) is 0 Å². The third-order valence-electron chi connectivity index (χ3n) is 2.94. The molecule has 4 nitrogen and oxygen atoms in total. The van der Waals surface area contributed by atoms with E-state index in [1.54, 1.807) is 18.0 Å². The number of aromatic nitrogens is 3. The molecular weight excluding hydrogens is 258 g/mol. The zero-order valence-electron chi connectivity index (χ0n) is 11.9. The second-order valence-electron chi connectivity index (χ2n) is 5.94. The third-order valence-corrected chi connectivity index (χ3v) is 4.26. The van der Waals surface area contributed by atoms with E-state index in [1.165, 1.54) is 0 Å². The van der Waals surface area contributed by atoms with Gasteiger partial charge in [-0.1, -0.05) is 27.7 Å². The molecule has 0 aliphatic carbocycles. The van der Waals surface area contributed by atoms with E-state index in [1.807, 2.05) is 17.6 Å². The molecule has 0 aliphatic rings. The summed E-state index contributed by atoms with van der Waals surface area (Å²) in [5, 5.41) is 14.7. The Morgan fingerprint density at radius 1 is 1.42 bits per heavy atom. The van der Waals surface area contributed by atoms with Gasteiger partial charge >= 0.3 is 0 Å². The number of aliphatic hydroxyl groups excluding tert-OH is 1. The monoisotopic (exact) mass is 279 g/mol. The lowest BCUT2D eigenvalue weighted by molar-refractivity contribution is 0.250. The summed E-state index contributed by atoms with van der Waals surface area (Å²) >= 11 is 1.67. The smallest absolute Gasteiger partial charge is 0.122 e. The minimum Gasteiger partial charge on any atom is -0.396 e. The van der Waals surface area contributed by atoms with Crippen molar-refractivity contribution in [3.63, 3.8) is 0 Å². The number of hydrogen-bond donors (Lipinski definition) is 1. The lowest BCUT2D eigenvalue weighted by atomic mass is 9.92. The summed E-state index contributed by atoms with van der Waals surface area (Å²) < 4.78 is 1.89. The van der Waals surface area contributed by atoms with Crippen LogP contribution in [-0.4, -0.2) is 32.1 Å². The molecule has 0 bridgehead atoms. The van der Waals surface area contributed by atoms with E-state index >= 15 is 0 Å². The third kappa shape index (κ3) is 3.28. The van der Waals surface area contributed by atoms with Crippen molar-refractivity contribution in [1.82, 2.24) is 14.6 Å². The van der Waals surface area contributed by atoms with Crippen molar-refractivity contribution in [3.05, 3.63) is 24.2 Å². The maximum atomic E-state index is 9.09. The molecule has 0 spiro atoms. The van der Waals surface area contributed by atoms with E-state index in [-0.39, 0.29) is 17.9 Å². The van der Waals surface area contributed by atoms with Crippen LogP contribution in [0, 0.1) is 5.92 Å². The maximum Gasteiger partial charge on any atom is 0.122 e. The fourth-order valence-electron chi connectivity index (χ4n) is 1.65. The van der Waals surface area contributed by atoms with E-state index < -0.39 is 0 Å². The van der Waals surface area contributed by atoms with Crippen molar-refractivity contribution in [2.24, 2.45) is 5.92 Å². The summed E-state index contributed by atoms with van der Waals surface area (Å²) in [7, 11) is 0. The number of aliphatic hydroxyl groups is 1. The predicted molar refractivity (Wildman–Crippen MR) is 78.7 cm³/mol. The lowest BCUT2D eigenvalue weighted by Crippen LogP contribution is -2.11. The van der Waals surface area contributed by atoms with E-state index in [0.717, 1.165) is 22.0 Å². The van der Waals surface area contributed by atoms with Gasteiger partial charge < -0.3 is 5.11 Å². The first-order chi connectivity index (χ1) is 8.91. The molecule has 0 amide bonds. The van der Waals surface area contributed by atoms with Crippen molar-refractivity contribution in [2.45, 2.75) is 38.1 Å². The average Bonchev–Trinajstić information content (AvgIpc) is 2.80. The van der Waals surface area contributed by atoms with Crippen molar-refractivity contribution >= 4 is 17.3 Å². The van der Waals surface area contributed by atoms with Crippen molar-refractivity contribution < 1.29 is 5.11 Å². The van der Waals surface area contributed by atoms with E-state index in [9.17, 15) is 0 Å². The molecule has 5 heteroatoms. The largest absolute Gasteiger partial charge is 0.396 e. The highest BCUT2D eigenvalue weighted by molar-refractivity contribution is 7.99. The van der Waals surface area contributed by atoms with Gasteiger partial charge in [-0.15, -0.1) is 11.8 Å². The number of thioether (sulfide) groups is 1. The molecule has 2 rings (SSSR count). The van der Waals surface area contributed by atoms with Gasteiger partial charge in [0.1, 0.15) is 5.03 Å². The van der Waals surface area contributed by atoms with Crippen molar-refractivity contribution in [3.8, 4) is 0 Å². The molecular formula is C14H21N3OS. The van der Waals surface area contributed by atoms with Gasteiger partial charge in [0.15, 0.2) is 0 Å². The van der Waals surface area contributed by atoms with Crippen molar-refractivity contribution in [2.75, 3.05) is 12.4 Å². The fraction of sp³-hybridized carbons (Fsp3) is 0.571. The minimum atomic E-state index is 0.0341. The molecule has 19 heavy (non-hydrogen) atoms. The Kier molecular flexibility index (Phi) is 4.16. The zero-order chi connectivity index (χ0) is 14.0. The van der Waals surface area contributed by atoms with Crippen LogP contribution in [0.2, 0.25) is 0 Å². The molecule has 2 aromatic heterocycles. The Bertz CT molecular complexity index is 559. The Morgan fingerprint density at radius 3 is 2.79 bits per heavy atom. The SMILES string of the molecule is CC(CO)CSc1nccn2nc(C(C)(C)C)cc12. The second-order valence-corrected chi connectivity index (χ2v) is 6.95. The van der Waals surface area contributed by atoms with Crippen LogP contribution >= 0.6 is 11.8 Å². The molecule has 2 heterocycles. The first-order valence-corrected chi connectivity index (χ1v) is 7.49. The molecule has 104 valence electrons. The van der Waals surface area contributed by atoms with Gasteiger partial charge in [0.25, 0.3) is 0 Å². The van der Waals surface area contributed by atoms with E-state index in [2.05, 4.69) is 36.9 Å². The molecule has 0 saturated heterocycles. The molecule has 0 radical (unpaired) electrons. The van der Waals surface area contributed by atoms with Crippen LogP contribution in [0.1, 0.15) is 33.4 Å². The van der Waals surface area contributed by atoms with Crippen LogP contribution in [0.25, 0.3) is 5.52 Å². The van der Waals surface area contributed by atoms with Gasteiger partial charge in [0, 0.05) is 30.2 Å². The highest BCUT2D eigenvalue weighted by Gasteiger charge is 2.19. The first kappa shape index (κ1) is 14.3. The highest BCUT2D eigenvalue weighted by Crippen LogP contribution is 2.27. The van der Waals surface area contributed by atoms with Gasteiger partial charge in [0.2, 0.25) is 0 Å². The first-order valence-electron chi connectivity index (χ1n) is 6.50. The Labute approximate surface area is 118 Å². The predicted octanol–water partition coefficient (Wildman–Crippen LogP) is 2.75. The molecule has 0 fully saturated rings. The number of hydrogen-bond acceptors (Lipinski definition) is 4. The standard InChI is InChI=1S/C14H21N3OS/c1-10(8-18)9-19-13-11-7-12(14(2,3)4)16-17(11)6-5-15-13/h5-7,10,18H,8-9H2,1-4H3. The van der Waals surface area contributed by atoms with Crippen LogP contribution in [0.4, 0.5) is 0 Å². The molecule has 2 aromatic rings. The summed E-state index contributed by atoms with van der Waals surface area (Å²) in [6.45, 7) is 8.71. The molecule has 1 atom stereocenters. The van der Waals surface area contributed by atoms with Crippen LogP contribution in [-0.2, 0) is 5.41 Å². The van der Waals surface area contributed by atoms with E-state index in [4.69, 9.17) is 5.11 Å². The Balaban J connectivity index is 2.32. The van der Waals surface area contributed by atoms with Crippen LogP contribution in [0.3, 0.4) is 0 Å². The normalized spacial score (nSPS) is 13.9. The number of nitrogens with zero attached hydrogens (tertiary/aromatic N) is 3. The average molecular weight is 279 g/mol. The van der Waals surface area contributed by atoms with Gasteiger partial charge in [0.05, 0.1) is 11.2 Å². The second kappa shape index (κ2) is 5.51. The summed E-state index contributed by atoms with van der Waals surface area (Å²) in [5.74, 6) is 1.14. The zero-order valence-corrected chi connectivity index (χ0v) is 12.7. The highest BCUT2D eigenvalue weighted by atomic mass is 32.2. The molecule has 1 N–H and O–H groups in total. The maximum absolute atomic E-state index is 9.09. The molecule has 1 unspecified atom stereocenters. The lowest BCUT2D eigenvalue weighted by Gasteiger charge is -2.13. The molecule has 0 aromatic carbocycles. The summed E-state index contributed by atoms with van der Waals surface area (Å²) in [6, 6.07) is 2.11. The Hall–Kier alpha value is -1.07. The van der Waals surface area contributed by atoms with Gasteiger partial charge in [-0.2, -0.15) is 5.10 Å². The van der Waals surface area contributed by atoms with Gasteiger partial charge in [-0.25, -0.2) is 9.50 Å². The number of fused-ring (bicyclic) bond motifs is 1. The molecule has 0 aliphatic heterocycles. The van der Waals surface area contributed by atoms with Crippen LogP contribution in [0.15, 0.2) is 23.5 Å². The van der Waals surface area contributed by atoms with Crippen LogP contribution < -0.4 is 0 Å². The summed E-state index contributed by atoms with van der Waals surface area (Å²) in [5.41, 5.74) is 2.15. The van der Waals surface area contributed by atoms with Gasteiger partial charge in [-0.3, -0.25) is 0 Å². The Morgan fingerprint density at radius 2 is 2.16 bits per heavy atom. The number of rotatable bonds is 4. The van der Waals surface area contributed by atoms with Crippen LogP contribution in [0.5, 0.6) is 0 Å². The summed E-state index contributed by atoms with van der Waals surface area (Å²) in [4.78, 5) is 4.43. The summed E-state index contributed by atoms with van der Waals surface area (Å²) in [6.07, 6.45) is 3.66. The topological polar surface area (TPSA) is 50.4 Å². The minimum absolute atomic E-state index is 0.0341. The fourth-order valence-corrected chi connectivity index (χ4v) is 2.63. The van der Waals surface area contributed by atoms with Crippen molar-refractivity contribution in [1.29, 1.82) is 0 Å².